The van der Waals surface area contributed by atoms with E-state index in [1.165, 1.54) is 11.3 Å². The Bertz CT molecular complexity index is 691. The number of amides is 1. The molecule has 1 amide bonds. The lowest BCUT2D eigenvalue weighted by atomic mass is 10.2. The Morgan fingerprint density at radius 3 is 2.76 bits per heavy atom. The van der Waals surface area contributed by atoms with Crippen LogP contribution in [0.1, 0.15) is 36.4 Å². The fraction of sp³-hybridized carbons (Fsp3) is 0.438. The highest BCUT2D eigenvalue weighted by atomic mass is 35.5. The van der Waals surface area contributed by atoms with Crippen molar-refractivity contribution in [1.29, 1.82) is 0 Å². The van der Waals surface area contributed by atoms with Crippen molar-refractivity contribution in [3.8, 4) is 0 Å². The van der Waals surface area contributed by atoms with E-state index >= 15 is 0 Å². The molecule has 5 heteroatoms. The zero-order chi connectivity index (χ0) is 15.1. The first kappa shape index (κ1) is 14.7. The molecule has 2 aromatic rings. The Morgan fingerprint density at radius 2 is 2.19 bits per heavy atom. The van der Waals surface area contributed by atoms with E-state index in [0.717, 1.165) is 29.5 Å². The van der Waals surface area contributed by atoms with Gasteiger partial charge in [0.15, 0.2) is 0 Å². The van der Waals surface area contributed by atoms with E-state index in [-0.39, 0.29) is 5.91 Å². The Hall–Kier alpha value is -1.26. The van der Waals surface area contributed by atoms with Crippen molar-refractivity contribution in [2.75, 3.05) is 12.3 Å². The van der Waals surface area contributed by atoms with E-state index in [9.17, 15) is 4.79 Å². The molecule has 112 valence electrons. The highest BCUT2D eigenvalue weighted by molar-refractivity contribution is 7.21. The molecular formula is C16H19ClN2OS. The molecule has 3 nitrogen and oxygen atoms in total. The maximum Gasteiger partial charge on any atom is 0.266 e. The first-order valence-electron chi connectivity index (χ1n) is 7.26. The summed E-state index contributed by atoms with van der Waals surface area (Å²) >= 11 is 7.67. The highest BCUT2D eigenvalue weighted by Crippen LogP contribution is 2.40. The van der Waals surface area contributed by atoms with Gasteiger partial charge in [-0.3, -0.25) is 4.79 Å². The van der Waals surface area contributed by atoms with Crippen LogP contribution in [0.15, 0.2) is 18.2 Å². The van der Waals surface area contributed by atoms with Crippen LogP contribution in [-0.2, 0) is 0 Å². The first-order chi connectivity index (χ1) is 9.99. The number of anilines is 1. The number of nitrogens with two attached hydrogens (primary N) is 1. The molecule has 1 aliphatic rings. The molecule has 1 aromatic heterocycles. The number of hydrogen-bond donors (Lipinski definition) is 1. The largest absolute Gasteiger partial charge is 0.397 e. The van der Waals surface area contributed by atoms with Crippen LogP contribution < -0.4 is 5.73 Å². The van der Waals surface area contributed by atoms with E-state index in [1.54, 1.807) is 0 Å². The predicted octanol–water partition coefficient (Wildman–Crippen LogP) is 4.40. The van der Waals surface area contributed by atoms with Gasteiger partial charge in [-0.15, -0.1) is 11.3 Å². The third-order valence-corrected chi connectivity index (χ3v) is 5.18. The zero-order valence-corrected chi connectivity index (χ0v) is 13.8. The van der Waals surface area contributed by atoms with Crippen LogP contribution in [-0.4, -0.2) is 23.4 Å². The summed E-state index contributed by atoms with van der Waals surface area (Å²) in [6, 6.07) is 6.05. The SMILES string of the molecule is CC(C)CN(C(=O)c1sc2cccc(Cl)c2c1N)C1CC1. The van der Waals surface area contributed by atoms with Gasteiger partial charge >= 0.3 is 0 Å². The topological polar surface area (TPSA) is 46.3 Å². The minimum atomic E-state index is 0.0565. The molecule has 21 heavy (non-hydrogen) atoms. The third kappa shape index (κ3) is 2.74. The number of carbonyl (C=O) groups is 1. The van der Waals surface area contributed by atoms with Crippen LogP contribution in [0.25, 0.3) is 10.1 Å². The summed E-state index contributed by atoms with van der Waals surface area (Å²) in [5.41, 5.74) is 6.74. The van der Waals surface area contributed by atoms with E-state index in [1.807, 2.05) is 23.1 Å². The van der Waals surface area contributed by atoms with Crippen molar-refractivity contribution in [1.82, 2.24) is 4.90 Å². The van der Waals surface area contributed by atoms with Gasteiger partial charge in [-0.1, -0.05) is 31.5 Å². The zero-order valence-electron chi connectivity index (χ0n) is 12.2. The average Bonchev–Trinajstić information content (AvgIpc) is 3.20. The smallest absolute Gasteiger partial charge is 0.266 e. The summed E-state index contributed by atoms with van der Waals surface area (Å²) in [7, 11) is 0. The molecule has 1 aliphatic carbocycles. The Labute approximate surface area is 133 Å². The van der Waals surface area contributed by atoms with Crippen molar-refractivity contribution in [2.45, 2.75) is 32.7 Å². The van der Waals surface area contributed by atoms with Crippen molar-refractivity contribution in [3.63, 3.8) is 0 Å². The summed E-state index contributed by atoms with van der Waals surface area (Å²) in [5, 5.41) is 1.43. The van der Waals surface area contributed by atoms with Gasteiger partial charge in [-0.25, -0.2) is 0 Å². The van der Waals surface area contributed by atoms with Crippen LogP contribution in [0, 0.1) is 5.92 Å². The maximum atomic E-state index is 12.9. The number of halogens is 1. The molecule has 1 aromatic carbocycles. The van der Waals surface area contributed by atoms with Crippen LogP contribution in [0.3, 0.4) is 0 Å². The second-order valence-corrected chi connectivity index (χ2v) is 7.50. The number of benzene rings is 1. The van der Waals surface area contributed by atoms with E-state index in [4.69, 9.17) is 17.3 Å². The number of carbonyl (C=O) groups excluding carboxylic acids is 1. The molecule has 0 aliphatic heterocycles. The lowest BCUT2D eigenvalue weighted by molar-refractivity contribution is 0.0728. The summed E-state index contributed by atoms with van der Waals surface area (Å²) < 4.78 is 0.976. The molecule has 0 spiro atoms. The van der Waals surface area contributed by atoms with Crippen molar-refractivity contribution in [2.24, 2.45) is 5.92 Å². The molecule has 1 heterocycles. The predicted molar refractivity (Wildman–Crippen MR) is 90.1 cm³/mol. The highest BCUT2D eigenvalue weighted by Gasteiger charge is 2.35. The molecule has 0 unspecified atom stereocenters. The van der Waals surface area contributed by atoms with Gasteiger partial charge in [0.05, 0.1) is 10.7 Å². The number of nitrogen functional groups attached to an aromatic ring is 1. The quantitative estimate of drug-likeness (QED) is 0.907. The number of thiophene rings is 1. The summed E-state index contributed by atoms with van der Waals surface area (Å²) in [5.74, 6) is 0.509. The normalized spacial score (nSPS) is 14.9. The van der Waals surface area contributed by atoms with Crippen molar-refractivity contribution >= 4 is 44.6 Å². The van der Waals surface area contributed by atoms with Crippen molar-refractivity contribution < 1.29 is 4.79 Å². The van der Waals surface area contributed by atoms with Gasteiger partial charge < -0.3 is 10.6 Å². The van der Waals surface area contributed by atoms with Crippen LogP contribution in [0.4, 0.5) is 5.69 Å². The monoisotopic (exact) mass is 322 g/mol. The number of nitrogens with zero attached hydrogens (tertiary/aromatic N) is 1. The molecule has 3 rings (SSSR count). The Morgan fingerprint density at radius 1 is 1.48 bits per heavy atom. The van der Waals surface area contributed by atoms with Crippen LogP contribution in [0.2, 0.25) is 5.02 Å². The second kappa shape index (κ2) is 5.50. The summed E-state index contributed by atoms with van der Waals surface area (Å²) in [6.45, 7) is 5.05. The molecule has 1 saturated carbocycles. The van der Waals surface area contributed by atoms with E-state index in [2.05, 4.69) is 13.8 Å². The van der Waals surface area contributed by atoms with E-state index < -0.39 is 0 Å². The molecule has 2 N–H and O–H groups in total. The maximum absolute atomic E-state index is 12.9. The van der Waals surface area contributed by atoms with Gasteiger partial charge in [0.1, 0.15) is 4.88 Å². The van der Waals surface area contributed by atoms with Gasteiger partial charge in [-0.2, -0.15) is 0 Å². The average molecular weight is 323 g/mol. The van der Waals surface area contributed by atoms with Gasteiger partial charge in [0.25, 0.3) is 5.91 Å². The number of rotatable bonds is 4. The standard InChI is InChI=1S/C16H19ClN2OS/c1-9(2)8-19(10-6-7-10)16(20)15-14(18)13-11(17)4-3-5-12(13)21-15/h3-5,9-10H,6-8,18H2,1-2H3. The van der Waals surface area contributed by atoms with Gasteiger partial charge in [0.2, 0.25) is 0 Å². The summed E-state index contributed by atoms with van der Waals surface area (Å²) in [6.07, 6.45) is 2.20. The minimum Gasteiger partial charge on any atom is -0.397 e. The summed E-state index contributed by atoms with van der Waals surface area (Å²) in [4.78, 5) is 15.5. The van der Waals surface area contributed by atoms with Gasteiger partial charge in [-0.05, 0) is 30.9 Å². The van der Waals surface area contributed by atoms with Gasteiger partial charge in [0, 0.05) is 22.7 Å². The lowest BCUT2D eigenvalue weighted by Crippen LogP contribution is -2.36. The van der Waals surface area contributed by atoms with Crippen LogP contribution in [0.5, 0.6) is 0 Å². The Kier molecular flexibility index (Phi) is 3.84. The number of hydrogen-bond acceptors (Lipinski definition) is 3. The van der Waals surface area contributed by atoms with Crippen molar-refractivity contribution in [3.05, 3.63) is 28.1 Å². The molecule has 0 bridgehead atoms. The molecule has 1 fully saturated rings. The Balaban J connectivity index is 2.00. The molecule has 0 radical (unpaired) electrons. The number of fused-ring (bicyclic) bond motifs is 1. The second-order valence-electron chi connectivity index (χ2n) is 6.04. The van der Waals surface area contributed by atoms with E-state index in [0.29, 0.717) is 27.5 Å². The molecule has 0 atom stereocenters. The molecular weight excluding hydrogens is 304 g/mol. The van der Waals surface area contributed by atoms with Crippen LogP contribution >= 0.6 is 22.9 Å². The fourth-order valence-corrected chi connectivity index (χ4v) is 4.03. The lowest BCUT2D eigenvalue weighted by Gasteiger charge is -2.24. The minimum absolute atomic E-state index is 0.0565. The molecule has 0 saturated heterocycles. The fourth-order valence-electron chi connectivity index (χ4n) is 2.60. The third-order valence-electron chi connectivity index (χ3n) is 3.71. The first-order valence-corrected chi connectivity index (χ1v) is 8.46.